The number of urea groups is 1. The van der Waals surface area contributed by atoms with Crippen LogP contribution in [-0.2, 0) is 11.3 Å². The molecule has 1 aromatic heterocycles. The van der Waals surface area contributed by atoms with E-state index in [1.807, 2.05) is 50.2 Å². The summed E-state index contributed by atoms with van der Waals surface area (Å²) in [6, 6.07) is 13.2. The highest BCUT2D eigenvalue weighted by Crippen LogP contribution is 2.37. The number of imide groups is 1. The van der Waals surface area contributed by atoms with E-state index in [4.69, 9.17) is 9.47 Å². The maximum atomic E-state index is 13.6. The number of hydrogen-bond donors (Lipinski definition) is 1. The summed E-state index contributed by atoms with van der Waals surface area (Å²) in [7, 11) is 0. The molecule has 0 radical (unpaired) electrons. The fraction of sp³-hybridized carbons (Fsp3) is 0.500. The van der Waals surface area contributed by atoms with Gasteiger partial charge >= 0.3 is 6.03 Å². The maximum absolute atomic E-state index is 13.6. The number of para-hydroxylation sites is 2. The Labute approximate surface area is 200 Å². The van der Waals surface area contributed by atoms with E-state index in [2.05, 4.69) is 21.3 Å². The van der Waals surface area contributed by atoms with Crippen molar-refractivity contribution in [2.45, 2.75) is 51.3 Å². The van der Waals surface area contributed by atoms with Crippen LogP contribution in [0.5, 0.6) is 11.5 Å². The quantitative estimate of drug-likeness (QED) is 0.662. The maximum Gasteiger partial charge on any atom is 0.325 e. The number of nitrogens with zero attached hydrogens (tertiary/aromatic N) is 3. The molecule has 0 spiro atoms. The average Bonchev–Trinajstić information content (AvgIpc) is 3.09. The molecular formula is C26H32N4O4. The number of ether oxygens (including phenoxy) is 2. The molecule has 0 saturated carbocycles. The van der Waals surface area contributed by atoms with E-state index in [0.717, 1.165) is 43.9 Å². The second-order valence-electron chi connectivity index (χ2n) is 9.49. The number of nitrogens with one attached hydrogen (secondary N) is 1. The van der Waals surface area contributed by atoms with Gasteiger partial charge in [0.05, 0.1) is 12.2 Å². The van der Waals surface area contributed by atoms with Gasteiger partial charge in [0, 0.05) is 12.2 Å². The molecule has 2 aromatic rings. The molecule has 34 heavy (non-hydrogen) atoms. The summed E-state index contributed by atoms with van der Waals surface area (Å²) >= 11 is 0. The molecule has 8 nitrogen and oxygen atoms in total. The van der Waals surface area contributed by atoms with Gasteiger partial charge in [-0.1, -0.05) is 25.1 Å². The van der Waals surface area contributed by atoms with Gasteiger partial charge in [-0.15, -0.1) is 0 Å². The van der Waals surface area contributed by atoms with Crippen molar-refractivity contribution in [3.8, 4) is 11.5 Å². The van der Waals surface area contributed by atoms with Crippen LogP contribution >= 0.6 is 0 Å². The van der Waals surface area contributed by atoms with Gasteiger partial charge in [0.2, 0.25) is 0 Å². The second-order valence-corrected chi connectivity index (χ2v) is 9.49. The Morgan fingerprint density at radius 2 is 1.85 bits per heavy atom. The zero-order valence-corrected chi connectivity index (χ0v) is 19.8. The van der Waals surface area contributed by atoms with Crippen LogP contribution in [0.15, 0.2) is 42.5 Å². The minimum Gasteiger partial charge on any atom is -0.486 e. The van der Waals surface area contributed by atoms with E-state index < -0.39 is 5.54 Å². The second kappa shape index (κ2) is 9.25. The lowest BCUT2D eigenvalue weighted by Gasteiger charge is -2.40. The lowest BCUT2D eigenvalue weighted by Crippen LogP contribution is -2.56. The molecule has 1 aromatic carbocycles. The van der Waals surface area contributed by atoms with E-state index in [0.29, 0.717) is 24.5 Å². The van der Waals surface area contributed by atoms with E-state index in [1.54, 1.807) is 0 Å². The first kappa shape index (κ1) is 22.7. The molecule has 2 saturated heterocycles. The molecule has 8 heteroatoms. The predicted molar refractivity (Wildman–Crippen MR) is 127 cm³/mol. The molecule has 0 aliphatic carbocycles. The van der Waals surface area contributed by atoms with Crippen molar-refractivity contribution in [3.63, 3.8) is 0 Å². The van der Waals surface area contributed by atoms with Crippen molar-refractivity contribution in [3.05, 3.63) is 53.9 Å². The van der Waals surface area contributed by atoms with Crippen LogP contribution in [0, 0.1) is 12.8 Å². The Balaban J connectivity index is 1.22. The van der Waals surface area contributed by atoms with E-state index in [1.165, 1.54) is 4.90 Å². The normalized spacial score (nSPS) is 25.5. The smallest absolute Gasteiger partial charge is 0.325 e. The molecule has 0 bridgehead atoms. The summed E-state index contributed by atoms with van der Waals surface area (Å²) in [6.45, 7) is 7.03. The number of aromatic nitrogens is 1. The molecule has 5 rings (SSSR count). The number of hydrogen-bond acceptors (Lipinski definition) is 6. The first-order valence-corrected chi connectivity index (χ1v) is 12.2. The van der Waals surface area contributed by atoms with E-state index in [9.17, 15) is 9.59 Å². The third-order valence-electron chi connectivity index (χ3n) is 7.33. The number of aryl methyl sites for hydroxylation is 1. The first-order chi connectivity index (χ1) is 16.5. The topological polar surface area (TPSA) is 84.0 Å². The third kappa shape index (κ3) is 4.22. The number of carbonyl (C=O) groups is 2. The number of piperidine rings is 1. The summed E-state index contributed by atoms with van der Waals surface area (Å²) in [5.41, 5.74) is 1.24. The van der Waals surface area contributed by atoms with Crippen molar-refractivity contribution >= 4 is 11.9 Å². The summed E-state index contributed by atoms with van der Waals surface area (Å²) in [6.07, 6.45) is 1.90. The van der Waals surface area contributed by atoms with Crippen LogP contribution in [0.25, 0.3) is 0 Å². The number of benzene rings is 1. The first-order valence-electron chi connectivity index (χ1n) is 12.2. The van der Waals surface area contributed by atoms with Crippen LogP contribution in [0.1, 0.15) is 37.6 Å². The number of pyridine rings is 1. The minimum atomic E-state index is -0.849. The third-order valence-corrected chi connectivity index (χ3v) is 7.33. The van der Waals surface area contributed by atoms with E-state index in [-0.39, 0.29) is 30.5 Å². The Hall–Kier alpha value is -3.13. The number of carbonyl (C=O) groups excluding carboxylic acids is 2. The zero-order valence-electron chi connectivity index (χ0n) is 19.8. The molecule has 4 heterocycles. The molecule has 0 unspecified atom stereocenters. The van der Waals surface area contributed by atoms with Gasteiger partial charge in [-0.25, -0.2) is 4.79 Å². The number of likely N-dealkylation sites (tertiary alicyclic amines) is 1. The van der Waals surface area contributed by atoms with Crippen LogP contribution in [0.3, 0.4) is 0 Å². The van der Waals surface area contributed by atoms with Gasteiger partial charge in [-0.05, 0) is 69.5 Å². The van der Waals surface area contributed by atoms with Gasteiger partial charge in [0.1, 0.15) is 12.1 Å². The van der Waals surface area contributed by atoms with Crippen molar-refractivity contribution in [1.82, 2.24) is 20.1 Å². The number of rotatable bonds is 6. The Morgan fingerprint density at radius 1 is 1.09 bits per heavy atom. The molecule has 180 valence electrons. The average molecular weight is 465 g/mol. The van der Waals surface area contributed by atoms with Crippen molar-refractivity contribution in [2.24, 2.45) is 5.92 Å². The minimum absolute atomic E-state index is 0.102. The molecule has 2 atom stereocenters. The molecule has 3 aliphatic heterocycles. The summed E-state index contributed by atoms with van der Waals surface area (Å²) in [4.78, 5) is 34.9. The zero-order chi connectivity index (χ0) is 23.7. The molecular weight excluding hydrogens is 432 g/mol. The standard InChI is InChI=1S/C26H32N4O4/c1-3-26(19-11-13-29(14-12-19)15-20-8-6-7-18(2)27-20)24(31)30(25(32)28-26)16-21-17-33-22-9-4-5-10-23(22)34-21/h4-10,19,21H,3,11-17H2,1-2H3,(H,28,32)/t21-,26-/m1/s1. The van der Waals surface area contributed by atoms with Crippen molar-refractivity contribution < 1.29 is 19.1 Å². The van der Waals surface area contributed by atoms with Gasteiger partial charge in [0.25, 0.3) is 5.91 Å². The summed E-state index contributed by atoms with van der Waals surface area (Å²) < 4.78 is 11.8. The lowest BCUT2D eigenvalue weighted by molar-refractivity contribution is -0.135. The summed E-state index contributed by atoms with van der Waals surface area (Å²) in [5, 5.41) is 3.08. The summed E-state index contributed by atoms with van der Waals surface area (Å²) in [5.74, 6) is 1.29. The highest BCUT2D eigenvalue weighted by atomic mass is 16.6. The van der Waals surface area contributed by atoms with Crippen molar-refractivity contribution in [1.29, 1.82) is 0 Å². The van der Waals surface area contributed by atoms with Gasteiger partial charge in [0.15, 0.2) is 17.6 Å². The number of fused-ring (bicyclic) bond motifs is 1. The Morgan fingerprint density at radius 3 is 2.59 bits per heavy atom. The lowest BCUT2D eigenvalue weighted by atomic mass is 9.75. The molecule has 2 fully saturated rings. The van der Waals surface area contributed by atoms with Gasteiger partial charge < -0.3 is 14.8 Å². The molecule has 1 N–H and O–H groups in total. The fourth-order valence-corrected chi connectivity index (χ4v) is 5.47. The van der Waals surface area contributed by atoms with Crippen LogP contribution in [0.4, 0.5) is 4.79 Å². The number of amides is 3. The predicted octanol–water partition coefficient (Wildman–Crippen LogP) is 3.14. The SMILES string of the molecule is CC[C@]1(C2CCN(Cc3cccc(C)n3)CC2)NC(=O)N(C[C@@H]2COc3ccccc3O2)C1=O. The Kier molecular flexibility index (Phi) is 6.16. The van der Waals surface area contributed by atoms with Crippen LogP contribution < -0.4 is 14.8 Å². The monoisotopic (exact) mass is 464 g/mol. The van der Waals surface area contributed by atoms with Crippen LogP contribution in [-0.4, -0.2) is 64.6 Å². The molecule has 3 aliphatic rings. The largest absolute Gasteiger partial charge is 0.486 e. The fourth-order valence-electron chi connectivity index (χ4n) is 5.47. The van der Waals surface area contributed by atoms with Crippen molar-refractivity contribution in [2.75, 3.05) is 26.2 Å². The molecule has 3 amide bonds. The highest BCUT2D eigenvalue weighted by molar-refractivity contribution is 6.07. The van der Waals surface area contributed by atoms with Gasteiger partial charge in [-0.3, -0.25) is 19.6 Å². The highest BCUT2D eigenvalue weighted by Gasteiger charge is 2.55. The van der Waals surface area contributed by atoms with E-state index >= 15 is 0 Å². The Bertz CT molecular complexity index is 1070. The van der Waals surface area contributed by atoms with Crippen LogP contribution in [0.2, 0.25) is 0 Å². The van der Waals surface area contributed by atoms with Gasteiger partial charge in [-0.2, -0.15) is 0 Å².